The molecule has 0 aromatic carbocycles. The summed E-state index contributed by atoms with van der Waals surface area (Å²) in [7, 11) is 0. The molecule has 1 spiro atoms. The molecule has 0 radical (unpaired) electrons. The highest BCUT2D eigenvalue weighted by molar-refractivity contribution is 5.98. The second-order valence-electron chi connectivity index (χ2n) is 9.94. The molecule has 8 heteroatoms. The van der Waals surface area contributed by atoms with Crippen LogP contribution in [0.1, 0.15) is 59.8 Å². The minimum Gasteiger partial charge on any atom is -0.465 e. The van der Waals surface area contributed by atoms with Gasteiger partial charge in [0, 0.05) is 12.6 Å². The lowest BCUT2D eigenvalue weighted by atomic mass is 9.65. The molecule has 3 fully saturated rings. The Labute approximate surface area is 202 Å². The van der Waals surface area contributed by atoms with Crippen molar-refractivity contribution in [1.82, 2.24) is 9.80 Å². The lowest BCUT2D eigenvalue weighted by Gasteiger charge is -2.40. The zero-order valence-corrected chi connectivity index (χ0v) is 21.0. The van der Waals surface area contributed by atoms with Gasteiger partial charge < -0.3 is 24.4 Å². The third-order valence-electron chi connectivity index (χ3n) is 7.98. The monoisotopic (exact) mass is 476 g/mol. The number of rotatable bonds is 12. The van der Waals surface area contributed by atoms with Crippen LogP contribution in [0.2, 0.25) is 0 Å². The van der Waals surface area contributed by atoms with E-state index in [4.69, 9.17) is 9.47 Å². The van der Waals surface area contributed by atoms with E-state index in [9.17, 15) is 19.5 Å². The topological polar surface area (TPSA) is 96.4 Å². The maximum atomic E-state index is 14.1. The number of hydrogen-bond donors (Lipinski definition) is 1. The fourth-order valence-corrected chi connectivity index (χ4v) is 6.29. The molecule has 3 aliphatic heterocycles. The van der Waals surface area contributed by atoms with E-state index in [1.165, 1.54) is 4.90 Å². The summed E-state index contributed by atoms with van der Waals surface area (Å²) in [6, 6.07) is -1.58. The summed E-state index contributed by atoms with van der Waals surface area (Å²) in [6.45, 7) is 15.4. The van der Waals surface area contributed by atoms with E-state index in [1.54, 1.807) is 17.1 Å². The van der Waals surface area contributed by atoms with Crippen molar-refractivity contribution in [2.45, 2.75) is 89.1 Å². The molecule has 0 aromatic heterocycles. The van der Waals surface area contributed by atoms with Crippen molar-refractivity contribution in [3.05, 3.63) is 25.3 Å². The van der Waals surface area contributed by atoms with Crippen molar-refractivity contribution in [2.24, 2.45) is 11.8 Å². The maximum Gasteiger partial charge on any atom is 0.312 e. The molecule has 3 heterocycles. The Hall–Kier alpha value is -2.19. The smallest absolute Gasteiger partial charge is 0.312 e. The Morgan fingerprint density at radius 2 is 2.00 bits per heavy atom. The van der Waals surface area contributed by atoms with Gasteiger partial charge in [-0.2, -0.15) is 0 Å². The number of esters is 1. The fraction of sp³-hybridized carbons (Fsp3) is 0.731. The molecular weight excluding hydrogens is 436 g/mol. The van der Waals surface area contributed by atoms with Crippen LogP contribution < -0.4 is 0 Å². The molecule has 2 bridgehead atoms. The van der Waals surface area contributed by atoms with Crippen molar-refractivity contribution in [1.29, 1.82) is 0 Å². The summed E-state index contributed by atoms with van der Waals surface area (Å²) in [6.07, 6.45) is 5.95. The first-order chi connectivity index (χ1) is 16.2. The predicted octanol–water partition coefficient (Wildman–Crippen LogP) is 2.45. The summed E-state index contributed by atoms with van der Waals surface area (Å²) in [5, 5.41) is 10.1. The van der Waals surface area contributed by atoms with Crippen molar-refractivity contribution >= 4 is 17.8 Å². The van der Waals surface area contributed by atoms with Gasteiger partial charge in [-0.15, -0.1) is 13.2 Å². The van der Waals surface area contributed by atoms with Gasteiger partial charge in [0.15, 0.2) is 0 Å². The van der Waals surface area contributed by atoms with Crippen LogP contribution in [0.4, 0.5) is 0 Å². The van der Waals surface area contributed by atoms with Crippen LogP contribution in [0.5, 0.6) is 0 Å². The van der Waals surface area contributed by atoms with E-state index < -0.39 is 41.1 Å². The first kappa shape index (κ1) is 26.4. The van der Waals surface area contributed by atoms with E-state index in [2.05, 4.69) is 13.2 Å². The second kappa shape index (κ2) is 10.2. The number of hydrogen-bond acceptors (Lipinski definition) is 6. The summed E-state index contributed by atoms with van der Waals surface area (Å²) >= 11 is 0. The Bertz CT molecular complexity index is 824. The van der Waals surface area contributed by atoms with E-state index in [1.807, 2.05) is 27.7 Å². The Kier molecular flexibility index (Phi) is 7.92. The number of amides is 2. The second-order valence-corrected chi connectivity index (χ2v) is 9.94. The van der Waals surface area contributed by atoms with Crippen LogP contribution in [-0.4, -0.2) is 81.8 Å². The van der Waals surface area contributed by atoms with Gasteiger partial charge in [0.2, 0.25) is 11.8 Å². The number of fused-ring (bicyclic) bond motifs is 1. The van der Waals surface area contributed by atoms with Crippen LogP contribution in [-0.2, 0) is 23.9 Å². The summed E-state index contributed by atoms with van der Waals surface area (Å²) in [5.41, 5.74) is -1.96. The molecule has 3 aliphatic rings. The van der Waals surface area contributed by atoms with Gasteiger partial charge in [0.05, 0.1) is 30.8 Å². The summed E-state index contributed by atoms with van der Waals surface area (Å²) < 4.78 is 12.3. The first-order valence-corrected chi connectivity index (χ1v) is 12.5. The van der Waals surface area contributed by atoms with Gasteiger partial charge in [0.1, 0.15) is 17.6 Å². The molecule has 3 rings (SSSR count). The van der Waals surface area contributed by atoms with Crippen LogP contribution in [0.15, 0.2) is 25.3 Å². The van der Waals surface area contributed by atoms with E-state index in [0.717, 1.165) is 0 Å². The van der Waals surface area contributed by atoms with Crippen molar-refractivity contribution in [3.8, 4) is 0 Å². The van der Waals surface area contributed by atoms with Gasteiger partial charge in [0.25, 0.3) is 0 Å². The molecule has 1 N–H and O–H groups in total. The minimum absolute atomic E-state index is 0.120. The van der Waals surface area contributed by atoms with Gasteiger partial charge in [-0.05, 0) is 46.0 Å². The predicted molar refractivity (Wildman–Crippen MR) is 128 cm³/mol. The standard InChI is InChI=1S/C26H40N2O6/c1-7-11-15-33-24(32)20-19-22(30)28(18(9-3)16-29)21(23(31)27(14-8-2)17(5)6)26(19)13-12-25(20,10-4)34-26/h7-8,17-21,29H,1-2,9-16H2,3-6H3/t18-,19-,20+,21?,25-,26?/m0/s1. The highest BCUT2D eigenvalue weighted by Gasteiger charge is 2.79. The lowest BCUT2D eigenvalue weighted by Crippen LogP contribution is -2.59. The van der Waals surface area contributed by atoms with Gasteiger partial charge in [-0.1, -0.05) is 26.0 Å². The lowest BCUT2D eigenvalue weighted by molar-refractivity contribution is -0.163. The average Bonchev–Trinajstić information content (AvgIpc) is 3.42. The quantitative estimate of drug-likeness (QED) is 0.264. The third-order valence-corrected chi connectivity index (χ3v) is 7.98. The largest absolute Gasteiger partial charge is 0.465 e. The van der Waals surface area contributed by atoms with Crippen LogP contribution in [0.25, 0.3) is 0 Å². The normalized spacial score (nSPS) is 32.6. The molecule has 2 unspecified atom stereocenters. The molecule has 8 nitrogen and oxygen atoms in total. The molecule has 0 saturated carbocycles. The molecule has 190 valence electrons. The van der Waals surface area contributed by atoms with Crippen LogP contribution in [0.3, 0.4) is 0 Å². The average molecular weight is 477 g/mol. The third kappa shape index (κ3) is 3.88. The zero-order chi connectivity index (χ0) is 25.3. The van der Waals surface area contributed by atoms with Gasteiger partial charge in [-0.25, -0.2) is 0 Å². The SMILES string of the molecule is C=CCCOC(=O)[C@H]1[C@H]2C(=O)N([C@@H](CC)CO)C(C(=O)N(CC=C)C(C)C)C23CC[C@]1(CC)O3. The number of aliphatic hydroxyl groups excluding tert-OH is 1. The van der Waals surface area contributed by atoms with Crippen molar-refractivity contribution < 1.29 is 29.0 Å². The molecule has 3 saturated heterocycles. The first-order valence-electron chi connectivity index (χ1n) is 12.5. The van der Waals surface area contributed by atoms with E-state index in [0.29, 0.717) is 38.6 Å². The summed E-state index contributed by atoms with van der Waals surface area (Å²) in [4.78, 5) is 44.6. The van der Waals surface area contributed by atoms with Gasteiger partial charge in [-0.3, -0.25) is 14.4 Å². The van der Waals surface area contributed by atoms with Gasteiger partial charge >= 0.3 is 5.97 Å². The highest BCUT2D eigenvalue weighted by Crippen LogP contribution is 2.65. The van der Waals surface area contributed by atoms with E-state index >= 15 is 0 Å². The van der Waals surface area contributed by atoms with Crippen molar-refractivity contribution in [3.63, 3.8) is 0 Å². The number of aliphatic hydroxyl groups is 1. The number of carbonyl (C=O) groups is 3. The Morgan fingerprint density at radius 3 is 2.53 bits per heavy atom. The summed E-state index contributed by atoms with van der Waals surface area (Å²) in [5.74, 6) is -2.59. The van der Waals surface area contributed by atoms with Crippen LogP contribution >= 0.6 is 0 Å². The number of ether oxygens (including phenoxy) is 2. The molecule has 6 atom stereocenters. The minimum atomic E-state index is -1.12. The van der Waals surface area contributed by atoms with E-state index in [-0.39, 0.29) is 31.1 Å². The number of carbonyl (C=O) groups excluding carboxylic acids is 3. The number of likely N-dealkylation sites (tertiary alicyclic amines) is 1. The highest BCUT2D eigenvalue weighted by atomic mass is 16.6. The molecule has 2 amide bonds. The molecular formula is C26H40N2O6. The Morgan fingerprint density at radius 1 is 1.29 bits per heavy atom. The molecule has 34 heavy (non-hydrogen) atoms. The molecule has 0 aliphatic carbocycles. The Balaban J connectivity index is 2.11. The van der Waals surface area contributed by atoms with Crippen molar-refractivity contribution in [2.75, 3.05) is 19.8 Å². The zero-order valence-electron chi connectivity index (χ0n) is 21.0. The maximum absolute atomic E-state index is 14.1. The van der Waals surface area contributed by atoms with Crippen LogP contribution in [0, 0.1) is 11.8 Å². The number of nitrogens with zero attached hydrogens (tertiary/aromatic N) is 2. The fourth-order valence-electron chi connectivity index (χ4n) is 6.29. The molecule has 0 aromatic rings.